The van der Waals surface area contributed by atoms with Crippen LogP contribution >= 0.6 is 0 Å². The zero-order valence-corrected chi connectivity index (χ0v) is 11.4. The van der Waals surface area contributed by atoms with Crippen LogP contribution in [0, 0.1) is 5.82 Å². The number of nitrogens with zero attached hydrogens (tertiary/aromatic N) is 1. The summed E-state index contributed by atoms with van der Waals surface area (Å²) < 4.78 is 19.2. The van der Waals surface area contributed by atoms with Crippen LogP contribution in [0.2, 0.25) is 0 Å². The van der Waals surface area contributed by atoms with E-state index < -0.39 is 11.7 Å². The van der Waals surface area contributed by atoms with Crippen LogP contribution in [0.3, 0.4) is 0 Å². The van der Waals surface area contributed by atoms with Crippen molar-refractivity contribution < 1.29 is 13.9 Å². The predicted octanol–water partition coefficient (Wildman–Crippen LogP) is 2.34. The van der Waals surface area contributed by atoms with E-state index >= 15 is 0 Å². The average molecular weight is 286 g/mol. The van der Waals surface area contributed by atoms with Crippen LogP contribution in [-0.4, -0.2) is 23.5 Å². The SMILES string of the molecule is O=C(NC1CCc2ccccc2OC1)c1ccncc1F. The molecule has 1 N–H and O–H groups in total. The Bertz CT molecular complexity index is 633. The molecule has 2 aromatic rings. The fourth-order valence-electron chi connectivity index (χ4n) is 2.39. The molecule has 1 amide bonds. The number of rotatable bonds is 2. The van der Waals surface area contributed by atoms with E-state index in [1.54, 1.807) is 0 Å². The van der Waals surface area contributed by atoms with Crippen LogP contribution < -0.4 is 10.1 Å². The monoisotopic (exact) mass is 286 g/mol. The smallest absolute Gasteiger partial charge is 0.254 e. The van der Waals surface area contributed by atoms with Gasteiger partial charge in [0, 0.05) is 6.20 Å². The van der Waals surface area contributed by atoms with Crippen molar-refractivity contribution in [2.75, 3.05) is 6.61 Å². The molecule has 3 rings (SSSR count). The normalized spacial score (nSPS) is 17.3. The Balaban J connectivity index is 1.67. The van der Waals surface area contributed by atoms with Crippen LogP contribution in [0.25, 0.3) is 0 Å². The Morgan fingerprint density at radius 2 is 2.19 bits per heavy atom. The van der Waals surface area contributed by atoms with Gasteiger partial charge in [-0.1, -0.05) is 18.2 Å². The van der Waals surface area contributed by atoms with Crippen LogP contribution in [0.15, 0.2) is 42.7 Å². The van der Waals surface area contributed by atoms with E-state index in [9.17, 15) is 9.18 Å². The van der Waals surface area contributed by atoms with Gasteiger partial charge in [-0.05, 0) is 30.5 Å². The third kappa shape index (κ3) is 3.02. The first-order chi connectivity index (χ1) is 10.2. The maximum absolute atomic E-state index is 13.5. The molecule has 0 bridgehead atoms. The van der Waals surface area contributed by atoms with Crippen LogP contribution in [0.1, 0.15) is 22.3 Å². The lowest BCUT2D eigenvalue weighted by Gasteiger charge is -2.16. The van der Waals surface area contributed by atoms with E-state index in [0.717, 1.165) is 30.4 Å². The summed E-state index contributed by atoms with van der Waals surface area (Å²) in [6.45, 7) is 0.384. The number of pyridine rings is 1. The Hall–Kier alpha value is -2.43. The van der Waals surface area contributed by atoms with Crippen molar-refractivity contribution in [2.24, 2.45) is 0 Å². The maximum Gasteiger partial charge on any atom is 0.254 e. The van der Waals surface area contributed by atoms with Crippen molar-refractivity contribution in [3.05, 3.63) is 59.7 Å². The van der Waals surface area contributed by atoms with Gasteiger partial charge in [-0.25, -0.2) is 4.39 Å². The molecule has 21 heavy (non-hydrogen) atoms. The van der Waals surface area contributed by atoms with Gasteiger partial charge in [-0.3, -0.25) is 9.78 Å². The molecule has 0 aliphatic carbocycles. The number of fused-ring (bicyclic) bond motifs is 1. The molecule has 0 saturated heterocycles. The third-order valence-electron chi connectivity index (χ3n) is 3.53. The van der Waals surface area contributed by atoms with Crippen LogP contribution in [0.5, 0.6) is 5.75 Å². The molecule has 0 radical (unpaired) electrons. The summed E-state index contributed by atoms with van der Waals surface area (Å²) in [6, 6.07) is 9.05. The minimum Gasteiger partial charge on any atom is -0.491 e. The highest BCUT2D eigenvalue weighted by Crippen LogP contribution is 2.23. The zero-order valence-electron chi connectivity index (χ0n) is 11.4. The van der Waals surface area contributed by atoms with Gasteiger partial charge in [0.1, 0.15) is 12.4 Å². The molecular formula is C16H15FN2O2. The van der Waals surface area contributed by atoms with E-state index in [4.69, 9.17) is 4.74 Å². The van der Waals surface area contributed by atoms with E-state index in [1.807, 2.05) is 24.3 Å². The summed E-state index contributed by atoms with van der Waals surface area (Å²) in [5, 5.41) is 2.82. The molecule has 108 valence electrons. The maximum atomic E-state index is 13.5. The van der Waals surface area contributed by atoms with E-state index in [2.05, 4.69) is 10.3 Å². The molecule has 1 aliphatic rings. The van der Waals surface area contributed by atoms with Crippen molar-refractivity contribution in [1.29, 1.82) is 0 Å². The fourth-order valence-corrected chi connectivity index (χ4v) is 2.39. The largest absolute Gasteiger partial charge is 0.491 e. The number of halogens is 1. The number of carbonyl (C=O) groups is 1. The molecule has 5 heteroatoms. The van der Waals surface area contributed by atoms with Crippen LogP contribution in [0.4, 0.5) is 4.39 Å². The molecule has 2 heterocycles. The minimum atomic E-state index is -0.618. The number of hydrogen-bond donors (Lipinski definition) is 1. The molecule has 1 aromatic heterocycles. The Labute approximate surface area is 122 Å². The van der Waals surface area contributed by atoms with Gasteiger partial charge < -0.3 is 10.1 Å². The molecule has 0 fully saturated rings. The van der Waals surface area contributed by atoms with Crippen molar-refractivity contribution in [2.45, 2.75) is 18.9 Å². The predicted molar refractivity (Wildman–Crippen MR) is 75.7 cm³/mol. The molecule has 0 spiro atoms. The second-order valence-corrected chi connectivity index (χ2v) is 4.98. The van der Waals surface area contributed by atoms with E-state index in [1.165, 1.54) is 12.3 Å². The average Bonchev–Trinajstić information content (AvgIpc) is 2.70. The van der Waals surface area contributed by atoms with Gasteiger partial charge in [0.25, 0.3) is 5.91 Å². The number of carbonyl (C=O) groups excluding carboxylic acids is 1. The molecule has 4 nitrogen and oxygen atoms in total. The molecule has 1 atom stereocenters. The second-order valence-electron chi connectivity index (χ2n) is 4.98. The summed E-state index contributed by atoms with van der Waals surface area (Å²) in [4.78, 5) is 15.7. The number of benzene rings is 1. The van der Waals surface area contributed by atoms with E-state index in [-0.39, 0.29) is 11.6 Å². The zero-order chi connectivity index (χ0) is 14.7. The van der Waals surface area contributed by atoms with Gasteiger partial charge in [0.2, 0.25) is 0 Å². The highest BCUT2D eigenvalue weighted by Gasteiger charge is 2.20. The summed E-state index contributed by atoms with van der Waals surface area (Å²) in [7, 11) is 0. The number of para-hydroxylation sites is 1. The van der Waals surface area contributed by atoms with Gasteiger partial charge in [0.15, 0.2) is 5.82 Å². The lowest BCUT2D eigenvalue weighted by molar-refractivity contribution is 0.0917. The highest BCUT2D eigenvalue weighted by atomic mass is 19.1. The summed E-state index contributed by atoms with van der Waals surface area (Å²) >= 11 is 0. The lowest BCUT2D eigenvalue weighted by Crippen LogP contribution is -2.39. The first-order valence-corrected chi connectivity index (χ1v) is 6.85. The Morgan fingerprint density at radius 1 is 1.33 bits per heavy atom. The van der Waals surface area contributed by atoms with Gasteiger partial charge >= 0.3 is 0 Å². The summed E-state index contributed by atoms with van der Waals surface area (Å²) in [5.41, 5.74) is 1.14. The first-order valence-electron chi connectivity index (χ1n) is 6.85. The summed E-state index contributed by atoms with van der Waals surface area (Å²) in [6.07, 6.45) is 4.02. The number of amides is 1. The number of hydrogen-bond acceptors (Lipinski definition) is 3. The van der Waals surface area contributed by atoms with Crippen molar-refractivity contribution in [3.63, 3.8) is 0 Å². The lowest BCUT2D eigenvalue weighted by atomic mass is 10.1. The van der Waals surface area contributed by atoms with Crippen molar-refractivity contribution in [1.82, 2.24) is 10.3 Å². The highest BCUT2D eigenvalue weighted by molar-refractivity contribution is 5.94. The standard InChI is InChI=1S/C16H15FN2O2/c17-14-9-18-8-7-13(14)16(20)19-12-6-5-11-3-1-2-4-15(11)21-10-12/h1-4,7-9,12H,5-6,10H2,(H,19,20). The number of ether oxygens (including phenoxy) is 1. The van der Waals surface area contributed by atoms with Crippen molar-refractivity contribution >= 4 is 5.91 Å². The number of aryl methyl sites for hydroxylation is 1. The minimum absolute atomic E-state index is 0.00626. The third-order valence-corrected chi connectivity index (χ3v) is 3.53. The molecule has 1 aromatic carbocycles. The first kappa shape index (κ1) is 13.5. The van der Waals surface area contributed by atoms with E-state index in [0.29, 0.717) is 6.61 Å². The quantitative estimate of drug-likeness (QED) is 0.922. The molecule has 1 unspecified atom stereocenters. The molecule has 1 aliphatic heterocycles. The number of nitrogens with one attached hydrogen (secondary N) is 1. The topological polar surface area (TPSA) is 51.2 Å². The number of aromatic nitrogens is 1. The van der Waals surface area contributed by atoms with Gasteiger partial charge in [-0.15, -0.1) is 0 Å². The van der Waals surface area contributed by atoms with Gasteiger partial charge in [0.05, 0.1) is 17.8 Å². The van der Waals surface area contributed by atoms with Crippen LogP contribution in [-0.2, 0) is 6.42 Å². The molecular weight excluding hydrogens is 271 g/mol. The van der Waals surface area contributed by atoms with Gasteiger partial charge in [-0.2, -0.15) is 0 Å². The summed E-state index contributed by atoms with van der Waals surface area (Å²) in [5.74, 6) is -0.202. The fraction of sp³-hybridized carbons (Fsp3) is 0.250. The Kier molecular flexibility index (Phi) is 3.81. The second kappa shape index (κ2) is 5.91. The molecule has 0 saturated carbocycles. The Morgan fingerprint density at radius 3 is 3.05 bits per heavy atom. The van der Waals surface area contributed by atoms with Crippen molar-refractivity contribution in [3.8, 4) is 5.75 Å².